The van der Waals surface area contributed by atoms with Crippen LogP contribution in [0.4, 0.5) is 0 Å². The van der Waals surface area contributed by atoms with Crippen LogP contribution >= 0.6 is 23.2 Å². The van der Waals surface area contributed by atoms with Crippen LogP contribution in [0.1, 0.15) is 57.1 Å². The van der Waals surface area contributed by atoms with Gasteiger partial charge < -0.3 is 5.32 Å². The molecule has 1 N–H and O–H groups in total. The second-order valence-electron chi connectivity index (χ2n) is 5.50. The van der Waals surface area contributed by atoms with E-state index in [0.29, 0.717) is 12.0 Å². The van der Waals surface area contributed by atoms with Gasteiger partial charge in [-0.2, -0.15) is 0 Å². The summed E-state index contributed by atoms with van der Waals surface area (Å²) < 4.78 is 0. The third-order valence-electron chi connectivity index (χ3n) is 4.03. The summed E-state index contributed by atoms with van der Waals surface area (Å²) in [5.74, 6) is 0.691. The zero-order valence-electron chi connectivity index (χ0n) is 11.6. The molecule has 0 radical (unpaired) electrons. The van der Waals surface area contributed by atoms with Crippen LogP contribution < -0.4 is 5.32 Å². The predicted octanol–water partition coefficient (Wildman–Crippen LogP) is 5.61. The van der Waals surface area contributed by atoms with Gasteiger partial charge in [-0.15, -0.1) is 0 Å². The molecular weight excluding hydrogens is 277 g/mol. The van der Waals surface area contributed by atoms with Crippen LogP contribution in [-0.4, -0.2) is 6.54 Å². The molecule has 0 saturated heterocycles. The van der Waals surface area contributed by atoms with Gasteiger partial charge in [0, 0.05) is 16.1 Å². The zero-order chi connectivity index (χ0) is 13.7. The minimum Gasteiger partial charge on any atom is -0.310 e. The molecular formula is C16H23Cl2N. The van der Waals surface area contributed by atoms with Gasteiger partial charge in [-0.1, -0.05) is 49.4 Å². The Kier molecular flexibility index (Phi) is 6.00. The van der Waals surface area contributed by atoms with Crippen molar-refractivity contribution in [1.82, 2.24) is 5.32 Å². The molecule has 0 heterocycles. The summed E-state index contributed by atoms with van der Waals surface area (Å²) in [4.78, 5) is 0. The monoisotopic (exact) mass is 299 g/mol. The standard InChI is InChI=1S/C16H23Cl2N/c1-2-10-19-16(12-6-4-3-5-7-12)14-11-13(17)8-9-15(14)18/h8-9,11-12,16,19H,2-7,10H2,1H3. The van der Waals surface area contributed by atoms with Crippen LogP contribution in [0.5, 0.6) is 0 Å². The van der Waals surface area contributed by atoms with Gasteiger partial charge in [0.25, 0.3) is 0 Å². The molecule has 3 heteroatoms. The molecule has 1 aromatic rings. The van der Waals surface area contributed by atoms with Crippen LogP contribution in [0.15, 0.2) is 18.2 Å². The lowest BCUT2D eigenvalue weighted by molar-refractivity contribution is 0.272. The molecule has 1 fully saturated rings. The second-order valence-corrected chi connectivity index (χ2v) is 6.34. The van der Waals surface area contributed by atoms with E-state index < -0.39 is 0 Å². The lowest BCUT2D eigenvalue weighted by Gasteiger charge is -2.32. The van der Waals surface area contributed by atoms with E-state index in [1.54, 1.807) is 0 Å². The topological polar surface area (TPSA) is 12.0 Å². The van der Waals surface area contributed by atoms with E-state index >= 15 is 0 Å². The molecule has 2 rings (SSSR count). The van der Waals surface area contributed by atoms with E-state index in [9.17, 15) is 0 Å². The fraction of sp³-hybridized carbons (Fsp3) is 0.625. The quantitative estimate of drug-likeness (QED) is 0.744. The SMILES string of the molecule is CCCNC(c1cc(Cl)ccc1Cl)C1CCCCC1. The lowest BCUT2D eigenvalue weighted by atomic mass is 9.81. The highest BCUT2D eigenvalue weighted by molar-refractivity contribution is 6.33. The number of benzene rings is 1. The third-order valence-corrected chi connectivity index (χ3v) is 4.61. The lowest BCUT2D eigenvalue weighted by Crippen LogP contribution is -2.30. The average Bonchev–Trinajstić information content (AvgIpc) is 2.44. The maximum absolute atomic E-state index is 6.39. The van der Waals surface area contributed by atoms with E-state index in [1.165, 1.54) is 37.7 Å². The Morgan fingerprint density at radius 2 is 1.95 bits per heavy atom. The zero-order valence-corrected chi connectivity index (χ0v) is 13.1. The third kappa shape index (κ3) is 4.11. The van der Waals surface area contributed by atoms with E-state index in [2.05, 4.69) is 12.2 Å². The summed E-state index contributed by atoms with van der Waals surface area (Å²) in [6.07, 6.45) is 7.79. The second kappa shape index (κ2) is 7.52. The molecule has 106 valence electrons. The van der Waals surface area contributed by atoms with Gasteiger partial charge in [0.1, 0.15) is 0 Å². The molecule has 0 aliphatic heterocycles. The summed E-state index contributed by atoms with van der Waals surface area (Å²) >= 11 is 12.5. The molecule has 0 spiro atoms. The van der Waals surface area contributed by atoms with Gasteiger partial charge in [-0.25, -0.2) is 0 Å². The van der Waals surface area contributed by atoms with Crippen LogP contribution in [-0.2, 0) is 0 Å². The van der Waals surface area contributed by atoms with Crippen LogP contribution in [0.25, 0.3) is 0 Å². The van der Waals surface area contributed by atoms with Crippen LogP contribution in [0.3, 0.4) is 0 Å². The van der Waals surface area contributed by atoms with Crippen molar-refractivity contribution in [3.05, 3.63) is 33.8 Å². The molecule has 0 amide bonds. The van der Waals surface area contributed by atoms with Gasteiger partial charge in [-0.05, 0) is 55.5 Å². The first-order chi connectivity index (χ1) is 9.22. The van der Waals surface area contributed by atoms with Crippen molar-refractivity contribution in [2.75, 3.05) is 6.54 Å². The van der Waals surface area contributed by atoms with Gasteiger partial charge in [0.05, 0.1) is 0 Å². The van der Waals surface area contributed by atoms with Crippen molar-refractivity contribution in [1.29, 1.82) is 0 Å². The Labute approximate surface area is 126 Å². The van der Waals surface area contributed by atoms with Crippen molar-refractivity contribution in [2.45, 2.75) is 51.5 Å². The summed E-state index contributed by atoms with van der Waals surface area (Å²) in [6.45, 7) is 3.23. The molecule has 19 heavy (non-hydrogen) atoms. The molecule has 1 aromatic carbocycles. The van der Waals surface area contributed by atoms with Crippen molar-refractivity contribution >= 4 is 23.2 Å². The molecule has 0 aromatic heterocycles. The maximum Gasteiger partial charge on any atom is 0.0454 e. The Balaban J connectivity index is 2.22. The van der Waals surface area contributed by atoms with E-state index in [-0.39, 0.29) is 0 Å². The molecule has 0 bridgehead atoms. The van der Waals surface area contributed by atoms with Gasteiger partial charge >= 0.3 is 0 Å². The summed E-state index contributed by atoms with van der Waals surface area (Å²) in [7, 11) is 0. The predicted molar refractivity (Wildman–Crippen MR) is 84.1 cm³/mol. The first-order valence-electron chi connectivity index (χ1n) is 7.40. The van der Waals surface area contributed by atoms with Crippen LogP contribution in [0, 0.1) is 5.92 Å². The first-order valence-corrected chi connectivity index (χ1v) is 8.16. The maximum atomic E-state index is 6.39. The average molecular weight is 300 g/mol. The Bertz CT molecular complexity index is 400. The number of hydrogen-bond acceptors (Lipinski definition) is 1. The number of hydrogen-bond donors (Lipinski definition) is 1. The molecule has 1 aliphatic rings. The largest absolute Gasteiger partial charge is 0.310 e. The van der Waals surface area contributed by atoms with Gasteiger partial charge in [-0.3, -0.25) is 0 Å². The summed E-state index contributed by atoms with van der Waals surface area (Å²) in [5.41, 5.74) is 1.18. The van der Waals surface area contributed by atoms with Crippen LogP contribution in [0.2, 0.25) is 10.0 Å². The number of rotatable bonds is 5. The van der Waals surface area contributed by atoms with E-state index in [0.717, 1.165) is 23.0 Å². The first kappa shape index (κ1) is 15.2. The van der Waals surface area contributed by atoms with Crippen molar-refractivity contribution in [2.24, 2.45) is 5.92 Å². The molecule has 1 saturated carbocycles. The Hall–Kier alpha value is -0.240. The fourth-order valence-corrected chi connectivity index (χ4v) is 3.47. The molecule has 1 atom stereocenters. The Morgan fingerprint density at radius 3 is 2.63 bits per heavy atom. The number of halogens is 2. The number of nitrogens with one attached hydrogen (secondary N) is 1. The van der Waals surface area contributed by atoms with Gasteiger partial charge in [0.15, 0.2) is 0 Å². The van der Waals surface area contributed by atoms with E-state index in [1.807, 2.05) is 18.2 Å². The fourth-order valence-electron chi connectivity index (χ4n) is 3.05. The molecule has 1 nitrogen and oxygen atoms in total. The van der Waals surface area contributed by atoms with Crippen molar-refractivity contribution < 1.29 is 0 Å². The van der Waals surface area contributed by atoms with Gasteiger partial charge in [0.2, 0.25) is 0 Å². The highest BCUT2D eigenvalue weighted by Crippen LogP contribution is 2.37. The van der Waals surface area contributed by atoms with E-state index in [4.69, 9.17) is 23.2 Å². The summed E-state index contributed by atoms with van der Waals surface area (Å²) in [5, 5.41) is 5.29. The molecule has 1 aliphatic carbocycles. The Morgan fingerprint density at radius 1 is 1.21 bits per heavy atom. The minimum atomic E-state index is 0.353. The minimum absolute atomic E-state index is 0.353. The van der Waals surface area contributed by atoms with Crippen molar-refractivity contribution in [3.63, 3.8) is 0 Å². The highest BCUT2D eigenvalue weighted by Gasteiger charge is 2.26. The molecule has 1 unspecified atom stereocenters. The normalized spacial score (nSPS) is 18.5. The smallest absolute Gasteiger partial charge is 0.0454 e. The highest BCUT2D eigenvalue weighted by atomic mass is 35.5. The summed E-state index contributed by atoms with van der Waals surface area (Å²) in [6, 6.07) is 6.17. The van der Waals surface area contributed by atoms with Crippen molar-refractivity contribution in [3.8, 4) is 0 Å².